The zero-order valence-corrected chi connectivity index (χ0v) is 12.4. The number of hydrogen-bond donors (Lipinski definition) is 2. The van der Waals surface area contributed by atoms with Crippen LogP contribution in [0, 0.1) is 0 Å². The van der Waals surface area contributed by atoms with Crippen LogP contribution in [0.3, 0.4) is 0 Å². The lowest BCUT2D eigenvalue weighted by atomic mass is 9.97. The van der Waals surface area contributed by atoms with Gasteiger partial charge in [0.05, 0.1) is 13.1 Å². The number of aliphatic carboxylic acids is 1. The Hall–Kier alpha value is -1.36. The van der Waals surface area contributed by atoms with Crippen LogP contribution in [0.25, 0.3) is 0 Å². The van der Waals surface area contributed by atoms with Gasteiger partial charge in [0.2, 0.25) is 5.91 Å². The highest BCUT2D eigenvalue weighted by molar-refractivity contribution is 5.79. The summed E-state index contributed by atoms with van der Waals surface area (Å²) in [6.07, 6.45) is 8.87. The number of carbonyl (C=O) groups excluding carboxylic acids is 1. The van der Waals surface area contributed by atoms with E-state index in [0.29, 0.717) is 13.1 Å². The lowest BCUT2D eigenvalue weighted by Gasteiger charge is -2.19. The molecule has 0 fully saturated rings. The number of hydrogen-bond acceptors (Lipinski definition) is 3. The molecule has 1 aliphatic rings. The van der Waals surface area contributed by atoms with E-state index in [0.717, 1.165) is 25.7 Å². The molecule has 0 aromatic rings. The molecule has 1 amide bonds. The van der Waals surface area contributed by atoms with Crippen LogP contribution in [-0.2, 0) is 9.59 Å². The second-order valence-electron chi connectivity index (χ2n) is 5.31. The summed E-state index contributed by atoms with van der Waals surface area (Å²) in [6.45, 7) is 3.34. The molecule has 0 aromatic heterocycles. The van der Waals surface area contributed by atoms with E-state index in [1.54, 1.807) is 4.90 Å². The maximum Gasteiger partial charge on any atom is 0.317 e. The van der Waals surface area contributed by atoms with Crippen LogP contribution < -0.4 is 5.32 Å². The third kappa shape index (κ3) is 7.28. The molecule has 114 valence electrons. The molecule has 0 spiro atoms. The Balaban J connectivity index is 2.23. The normalized spacial score (nSPS) is 15.0. The van der Waals surface area contributed by atoms with Gasteiger partial charge in [-0.25, -0.2) is 0 Å². The summed E-state index contributed by atoms with van der Waals surface area (Å²) in [7, 11) is 0. The first-order valence-corrected chi connectivity index (χ1v) is 7.50. The first-order chi connectivity index (χ1) is 9.61. The first kappa shape index (κ1) is 16.7. The molecule has 0 atom stereocenters. The van der Waals surface area contributed by atoms with Gasteiger partial charge in [-0.1, -0.05) is 18.6 Å². The van der Waals surface area contributed by atoms with Crippen LogP contribution in [0.5, 0.6) is 0 Å². The minimum atomic E-state index is -0.890. The molecule has 0 heterocycles. The summed E-state index contributed by atoms with van der Waals surface area (Å²) < 4.78 is 0. The van der Waals surface area contributed by atoms with Crippen LogP contribution in [0.2, 0.25) is 0 Å². The third-order valence-electron chi connectivity index (χ3n) is 3.42. The molecule has 20 heavy (non-hydrogen) atoms. The summed E-state index contributed by atoms with van der Waals surface area (Å²) in [5, 5.41) is 11.7. The number of carboxylic acid groups (broad SMARTS) is 1. The SMILES string of the molecule is CCCN(CC(=O)O)CC(=O)NCCC1=CCCCC1. The summed E-state index contributed by atoms with van der Waals surface area (Å²) >= 11 is 0. The van der Waals surface area contributed by atoms with Crippen molar-refractivity contribution in [2.24, 2.45) is 0 Å². The van der Waals surface area contributed by atoms with Crippen LogP contribution in [0.1, 0.15) is 45.4 Å². The Kier molecular flexibility index (Phi) is 7.95. The monoisotopic (exact) mass is 282 g/mol. The van der Waals surface area contributed by atoms with E-state index in [4.69, 9.17) is 5.11 Å². The van der Waals surface area contributed by atoms with Gasteiger partial charge in [0, 0.05) is 6.54 Å². The summed E-state index contributed by atoms with van der Waals surface area (Å²) in [6, 6.07) is 0. The third-order valence-corrected chi connectivity index (χ3v) is 3.42. The van der Waals surface area contributed by atoms with Gasteiger partial charge in [-0.3, -0.25) is 14.5 Å². The smallest absolute Gasteiger partial charge is 0.317 e. The van der Waals surface area contributed by atoms with Crippen molar-refractivity contribution in [1.29, 1.82) is 0 Å². The highest BCUT2D eigenvalue weighted by Crippen LogP contribution is 2.19. The predicted octanol–water partition coefficient (Wildman–Crippen LogP) is 1.79. The number of nitrogens with one attached hydrogen (secondary N) is 1. The molecule has 0 saturated heterocycles. The van der Waals surface area contributed by atoms with Crippen molar-refractivity contribution in [2.75, 3.05) is 26.2 Å². The molecule has 0 bridgehead atoms. The molecule has 1 aliphatic carbocycles. The molecule has 0 radical (unpaired) electrons. The maximum atomic E-state index is 11.8. The lowest BCUT2D eigenvalue weighted by molar-refractivity contribution is -0.138. The molecule has 5 heteroatoms. The average Bonchev–Trinajstić information content (AvgIpc) is 2.39. The van der Waals surface area contributed by atoms with E-state index in [1.807, 2.05) is 6.92 Å². The standard InChI is InChI=1S/C15H26N2O3/c1-2-10-17(12-15(19)20)11-14(18)16-9-8-13-6-4-3-5-7-13/h6H,2-5,7-12H2,1H3,(H,16,18)(H,19,20). The highest BCUT2D eigenvalue weighted by atomic mass is 16.4. The summed E-state index contributed by atoms with van der Waals surface area (Å²) in [5.41, 5.74) is 1.44. The van der Waals surface area contributed by atoms with Crippen LogP contribution >= 0.6 is 0 Å². The van der Waals surface area contributed by atoms with E-state index < -0.39 is 5.97 Å². The predicted molar refractivity (Wildman–Crippen MR) is 78.5 cm³/mol. The fourth-order valence-electron chi connectivity index (χ4n) is 2.47. The van der Waals surface area contributed by atoms with Crippen molar-refractivity contribution < 1.29 is 14.7 Å². The van der Waals surface area contributed by atoms with Crippen LogP contribution in [-0.4, -0.2) is 48.1 Å². The number of carbonyl (C=O) groups is 2. The Labute approximate surface area is 121 Å². The molecule has 0 unspecified atom stereocenters. The number of carboxylic acids is 1. The quantitative estimate of drug-likeness (QED) is 0.633. The van der Waals surface area contributed by atoms with E-state index >= 15 is 0 Å². The molecule has 0 aromatic carbocycles. The molecular weight excluding hydrogens is 256 g/mol. The maximum absolute atomic E-state index is 11.8. The zero-order valence-electron chi connectivity index (χ0n) is 12.4. The van der Waals surface area contributed by atoms with Gasteiger partial charge in [0.15, 0.2) is 0 Å². The number of rotatable bonds is 9. The topological polar surface area (TPSA) is 69.6 Å². The Bertz CT molecular complexity index is 353. The summed E-state index contributed by atoms with van der Waals surface area (Å²) in [5.74, 6) is -0.977. The molecule has 5 nitrogen and oxygen atoms in total. The van der Waals surface area contributed by atoms with Gasteiger partial charge in [-0.2, -0.15) is 0 Å². The van der Waals surface area contributed by atoms with Crippen molar-refractivity contribution in [3.8, 4) is 0 Å². The minimum absolute atomic E-state index is 0.0770. The molecule has 0 aliphatic heterocycles. The largest absolute Gasteiger partial charge is 0.480 e. The van der Waals surface area contributed by atoms with Gasteiger partial charge in [0.1, 0.15) is 0 Å². The van der Waals surface area contributed by atoms with Crippen LogP contribution in [0.4, 0.5) is 0 Å². The van der Waals surface area contributed by atoms with E-state index in [9.17, 15) is 9.59 Å². The Morgan fingerprint density at radius 1 is 1.35 bits per heavy atom. The first-order valence-electron chi connectivity index (χ1n) is 7.50. The van der Waals surface area contributed by atoms with Crippen molar-refractivity contribution in [3.05, 3.63) is 11.6 Å². The van der Waals surface area contributed by atoms with E-state index in [2.05, 4.69) is 11.4 Å². The molecular formula is C15H26N2O3. The Morgan fingerprint density at radius 2 is 2.15 bits per heavy atom. The fourth-order valence-corrected chi connectivity index (χ4v) is 2.47. The molecule has 1 rings (SSSR count). The van der Waals surface area contributed by atoms with Crippen molar-refractivity contribution in [1.82, 2.24) is 10.2 Å². The van der Waals surface area contributed by atoms with Gasteiger partial charge in [-0.05, 0) is 45.1 Å². The zero-order chi connectivity index (χ0) is 14.8. The highest BCUT2D eigenvalue weighted by Gasteiger charge is 2.13. The molecule has 0 saturated carbocycles. The average molecular weight is 282 g/mol. The summed E-state index contributed by atoms with van der Waals surface area (Å²) in [4.78, 5) is 24.2. The van der Waals surface area contributed by atoms with Gasteiger partial charge < -0.3 is 10.4 Å². The second-order valence-corrected chi connectivity index (χ2v) is 5.31. The van der Waals surface area contributed by atoms with Gasteiger partial charge in [0.25, 0.3) is 0 Å². The van der Waals surface area contributed by atoms with Crippen LogP contribution in [0.15, 0.2) is 11.6 Å². The van der Waals surface area contributed by atoms with Crippen molar-refractivity contribution in [3.63, 3.8) is 0 Å². The van der Waals surface area contributed by atoms with Gasteiger partial charge >= 0.3 is 5.97 Å². The van der Waals surface area contributed by atoms with E-state index in [1.165, 1.54) is 18.4 Å². The van der Waals surface area contributed by atoms with Gasteiger partial charge in [-0.15, -0.1) is 0 Å². The van der Waals surface area contributed by atoms with Crippen molar-refractivity contribution in [2.45, 2.75) is 45.4 Å². The fraction of sp³-hybridized carbons (Fsp3) is 0.733. The Morgan fingerprint density at radius 3 is 2.75 bits per heavy atom. The minimum Gasteiger partial charge on any atom is -0.480 e. The lowest BCUT2D eigenvalue weighted by Crippen LogP contribution is -2.40. The number of nitrogens with zero attached hydrogens (tertiary/aromatic N) is 1. The van der Waals surface area contributed by atoms with E-state index in [-0.39, 0.29) is 19.0 Å². The number of amides is 1. The van der Waals surface area contributed by atoms with Crippen molar-refractivity contribution >= 4 is 11.9 Å². The molecule has 2 N–H and O–H groups in total. The number of allylic oxidation sites excluding steroid dienone is 1. The second kappa shape index (κ2) is 9.53.